The van der Waals surface area contributed by atoms with E-state index in [1.807, 2.05) is 0 Å². The van der Waals surface area contributed by atoms with Crippen LogP contribution < -0.4 is 5.32 Å². The summed E-state index contributed by atoms with van der Waals surface area (Å²) in [5.74, 6) is -0.696. The topological polar surface area (TPSA) is 66.4 Å². The van der Waals surface area contributed by atoms with Crippen LogP contribution >= 0.6 is 0 Å². The van der Waals surface area contributed by atoms with Crippen molar-refractivity contribution in [2.24, 2.45) is 11.8 Å². The lowest BCUT2D eigenvalue weighted by Gasteiger charge is -2.17. The van der Waals surface area contributed by atoms with Gasteiger partial charge in [-0.2, -0.15) is 0 Å². The predicted octanol–water partition coefficient (Wildman–Crippen LogP) is 3.07. The number of carbonyl (C=O) groups excluding carboxylic acids is 1. The summed E-state index contributed by atoms with van der Waals surface area (Å²) in [6, 6.07) is 5.01. The van der Waals surface area contributed by atoms with Crippen LogP contribution in [0.3, 0.4) is 0 Å². The Morgan fingerprint density at radius 1 is 1.32 bits per heavy atom. The lowest BCUT2D eigenvalue weighted by molar-refractivity contribution is -0.120. The molecule has 4 heteroatoms. The van der Waals surface area contributed by atoms with Crippen LogP contribution in [0.4, 0.5) is 5.69 Å². The quantitative estimate of drug-likeness (QED) is 0.878. The molecule has 1 saturated carbocycles. The maximum atomic E-state index is 12.2. The maximum Gasteiger partial charge on any atom is 0.337 e. The maximum absolute atomic E-state index is 12.2. The molecule has 0 spiro atoms. The third kappa shape index (κ3) is 2.78. The van der Waals surface area contributed by atoms with E-state index < -0.39 is 5.97 Å². The number of nitrogens with one attached hydrogen (secondary N) is 1. The molecular formula is C15H19NO3. The minimum Gasteiger partial charge on any atom is -0.478 e. The predicted molar refractivity (Wildman–Crippen MR) is 73.3 cm³/mol. The normalized spacial score (nSPS) is 22.2. The number of para-hydroxylation sites is 1. The summed E-state index contributed by atoms with van der Waals surface area (Å²) in [5.41, 5.74) is 1.36. The molecular weight excluding hydrogens is 242 g/mol. The third-order valence-corrected chi connectivity index (χ3v) is 3.95. The number of aromatic carboxylic acids is 1. The van der Waals surface area contributed by atoms with E-state index in [1.165, 1.54) is 6.07 Å². The zero-order valence-corrected chi connectivity index (χ0v) is 11.3. The lowest BCUT2D eigenvalue weighted by atomic mass is 9.96. The third-order valence-electron chi connectivity index (χ3n) is 3.95. The van der Waals surface area contributed by atoms with Crippen LogP contribution in [0.5, 0.6) is 0 Å². The van der Waals surface area contributed by atoms with E-state index in [0.717, 1.165) is 24.8 Å². The molecule has 0 saturated heterocycles. The van der Waals surface area contributed by atoms with Crippen molar-refractivity contribution in [3.8, 4) is 0 Å². The van der Waals surface area contributed by atoms with Crippen LogP contribution in [-0.4, -0.2) is 17.0 Å². The van der Waals surface area contributed by atoms with Crippen LogP contribution in [0.25, 0.3) is 0 Å². The zero-order chi connectivity index (χ0) is 14.0. The summed E-state index contributed by atoms with van der Waals surface area (Å²) in [4.78, 5) is 23.4. The highest BCUT2D eigenvalue weighted by molar-refractivity contribution is 6.02. The molecule has 2 atom stereocenters. The van der Waals surface area contributed by atoms with Gasteiger partial charge in [-0.1, -0.05) is 25.5 Å². The second-order valence-electron chi connectivity index (χ2n) is 5.31. The summed E-state index contributed by atoms with van der Waals surface area (Å²) in [6.07, 6.45) is 3.03. The molecule has 0 aliphatic heterocycles. The highest BCUT2D eigenvalue weighted by atomic mass is 16.4. The molecule has 19 heavy (non-hydrogen) atoms. The molecule has 1 aromatic rings. The van der Waals surface area contributed by atoms with Gasteiger partial charge in [0, 0.05) is 5.92 Å². The van der Waals surface area contributed by atoms with Gasteiger partial charge in [-0.3, -0.25) is 4.79 Å². The average molecular weight is 261 g/mol. The number of hydrogen-bond acceptors (Lipinski definition) is 2. The van der Waals surface area contributed by atoms with Gasteiger partial charge in [-0.25, -0.2) is 4.79 Å². The van der Waals surface area contributed by atoms with Gasteiger partial charge < -0.3 is 10.4 Å². The Balaban J connectivity index is 2.23. The number of carboxylic acid groups (broad SMARTS) is 1. The second kappa shape index (κ2) is 5.43. The van der Waals surface area contributed by atoms with E-state index in [0.29, 0.717) is 11.6 Å². The summed E-state index contributed by atoms with van der Waals surface area (Å²) < 4.78 is 0. The Hall–Kier alpha value is -1.84. The average Bonchev–Trinajstić information content (AvgIpc) is 2.77. The second-order valence-corrected chi connectivity index (χ2v) is 5.31. The Kier molecular flexibility index (Phi) is 3.88. The first-order valence-electron chi connectivity index (χ1n) is 6.64. The van der Waals surface area contributed by atoms with Gasteiger partial charge in [-0.15, -0.1) is 0 Å². The van der Waals surface area contributed by atoms with Gasteiger partial charge in [0.25, 0.3) is 0 Å². The first-order chi connectivity index (χ1) is 9.00. The first kappa shape index (κ1) is 13.6. The van der Waals surface area contributed by atoms with Crippen LogP contribution in [0.1, 0.15) is 42.1 Å². The fourth-order valence-corrected chi connectivity index (χ4v) is 2.76. The molecule has 102 valence electrons. The molecule has 1 amide bonds. The van der Waals surface area contributed by atoms with Gasteiger partial charge in [-0.05, 0) is 37.3 Å². The minimum atomic E-state index is -1.02. The molecule has 2 N–H and O–H groups in total. The van der Waals surface area contributed by atoms with Crippen molar-refractivity contribution in [3.05, 3.63) is 29.3 Å². The van der Waals surface area contributed by atoms with E-state index in [2.05, 4.69) is 12.2 Å². The van der Waals surface area contributed by atoms with Crippen molar-refractivity contribution >= 4 is 17.6 Å². The van der Waals surface area contributed by atoms with Crippen molar-refractivity contribution in [2.75, 3.05) is 5.32 Å². The highest BCUT2D eigenvalue weighted by Crippen LogP contribution is 2.32. The molecule has 1 aromatic carbocycles. The molecule has 0 aromatic heterocycles. The van der Waals surface area contributed by atoms with Crippen LogP contribution in [0.2, 0.25) is 0 Å². The van der Waals surface area contributed by atoms with Crippen molar-refractivity contribution in [2.45, 2.75) is 33.1 Å². The van der Waals surface area contributed by atoms with Gasteiger partial charge in [0.15, 0.2) is 0 Å². The Bertz CT molecular complexity index is 510. The molecule has 1 aliphatic rings. The summed E-state index contributed by atoms with van der Waals surface area (Å²) in [6.45, 7) is 3.88. The van der Waals surface area contributed by atoms with Gasteiger partial charge in [0.1, 0.15) is 0 Å². The van der Waals surface area contributed by atoms with Crippen molar-refractivity contribution in [3.63, 3.8) is 0 Å². The number of hydrogen-bond donors (Lipinski definition) is 2. The number of amides is 1. The smallest absolute Gasteiger partial charge is 0.337 e. The van der Waals surface area contributed by atoms with E-state index in [4.69, 9.17) is 5.11 Å². The van der Waals surface area contributed by atoms with Crippen molar-refractivity contribution < 1.29 is 14.7 Å². The van der Waals surface area contributed by atoms with E-state index >= 15 is 0 Å². The first-order valence-corrected chi connectivity index (χ1v) is 6.64. The van der Waals surface area contributed by atoms with E-state index in [9.17, 15) is 9.59 Å². The molecule has 2 unspecified atom stereocenters. The Labute approximate surface area is 112 Å². The molecule has 1 aliphatic carbocycles. The summed E-state index contributed by atoms with van der Waals surface area (Å²) >= 11 is 0. The van der Waals surface area contributed by atoms with Gasteiger partial charge >= 0.3 is 5.97 Å². The zero-order valence-electron chi connectivity index (χ0n) is 11.3. The molecule has 0 radical (unpaired) electrons. The Morgan fingerprint density at radius 3 is 2.63 bits per heavy atom. The SMILES string of the molecule is Cc1cccc(C(=O)O)c1NC(=O)C1CCCC1C. The standard InChI is InChI=1S/C15H19NO3/c1-9-5-3-7-11(9)14(17)16-13-10(2)6-4-8-12(13)15(18)19/h4,6,8-9,11H,3,5,7H2,1-2H3,(H,16,17)(H,18,19). The van der Waals surface area contributed by atoms with E-state index in [1.54, 1.807) is 19.1 Å². The Morgan fingerprint density at radius 2 is 2.05 bits per heavy atom. The number of benzene rings is 1. The fourth-order valence-electron chi connectivity index (χ4n) is 2.76. The number of carboxylic acids is 1. The van der Waals surface area contributed by atoms with Crippen molar-refractivity contribution in [1.29, 1.82) is 0 Å². The largest absolute Gasteiger partial charge is 0.478 e. The van der Waals surface area contributed by atoms with Crippen molar-refractivity contribution in [1.82, 2.24) is 0 Å². The fraction of sp³-hybridized carbons (Fsp3) is 0.467. The van der Waals surface area contributed by atoms with Crippen LogP contribution in [0.15, 0.2) is 18.2 Å². The molecule has 2 rings (SSSR count). The van der Waals surface area contributed by atoms with Crippen LogP contribution in [0, 0.1) is 18.8 Å². The minimum absolute atomic E-state index is 0.00116. The highest BCUT2D eigenvalue weighted by Gasteiger charge is 2.30. The molecule has 0 bridgehead atoms. The van der Waals surface area contributed by atoms with E-state index in [-0.39, 0.29) is 17.4 Å². The number of rotatable bonds is 3. The number of anilines is 1. The van der Waals surface area contributed by atoms with Gasteiger partial charge in [0.2, 0.25) is 5.91 Å². The summed E-state index contributed by atoms with van der Waals surface area (Å²) in [5, 5.41) is 12.0. The monoisotopic (exact) mass is 261 g/mol. The number of aryl methyl sites for hydroxylation is 1. The molecule has 4 nitrogen and oxygen atoms in total. The molecule has 0 heterocycles. The molecule has 1 fully saturated rings. The van der Waals surface area contributed by atoms with Gasteiger partial charge in [0.05, 0.1) is 11.3 Å². The van der Waals surface area contributed by atoms with Crippen LogP contribution in [-0.2, 0) is 4.79 Å². The lowest BCUT2D eigenvalue weighted by Crippen LogP contribution is -2.26. The summed E-state index contributed by atoms with van der Waals surface area (Å²) in [7, 11) is 0. The number of carbonyl (C=O) groups is 2.